The number of para-hydroxylation sites is 1. The fraction of sp³-hybridized carbons (Fsp3) is 0.393. The predicted octanol–water partition coefficient (Wildman–Crippen LogP) is 5.48. The number of ether oxygens (including phenoxy) is 1. The van der Waals surface area contributed by atoms with Gasteiger partial charge in [-0.1, -0.05) is 18.2 Å². The van der Waals surface area contributed by atoms with Gasteiger partial charge in [0.1, 0.15) is 11.4 Å². The van der Waals surface area contributed by atoms with Gasteiger partial charge in [0.25, 0.3) is 5.91 Å². The Morgan fingerprint density at radius 1 is 1.03 bits per heavy atom. The van der Waals surface area contributed by atoms with E-state index >= 15 is 0 Å². The SMILES string of the molecule is COc1ccc(/C=N/NC(=O)c2cc(C34CC5CC(CC(C5)C3)C4)c3ccccc3n2)cc1. The molecule has 7 rings (SSSR count). The number of methoxy groups -OCH3 is 1. The molecule has 0 atom stereocenters. The number of nitrogens with zero attached hydrogens (tertiary/aromatic N) is 2. The highest BCUT2D eigenvalue weighted by molar-refractivity contribution is 5.96. The number of nitrogens with one attached hydrogen (secondary N) is 1. The Bertz CT molecular complexity index is 1200. The summed E-state index contributed by atoms with van der Waals surface area (Å²) in [5.74, 6) is 3.05. The van der Waals surface area contributed by atoms with Gasteiger partial charge in [0.05, 0.1) is 18.8 Å². The van der Waals surface area contributed by atoms with Crippen molar-refractivity contribution in [2.45, 2.75) is 43.9 Å². The van der Waals surface area contributed by atoms with Gasteiger partial charge in [-0.15, -0.1) is 0 Å². The van der Waals surface area contributed by atoms with Crippen molar-refractivity contribution in [1.29, 1.82) is 0 Å². The Labute approximate surface area is 194 Å². The summed E-state index contributed by atoms with van der Waals surface area (Å²) in [6.45, 7) is 0. The maximum absolute atomic E-state index is 13.1. The molecule has 5 nitrogen and oxygen atoms in total. The van der Waals surface area contributed by atoms with Crippen molar-refractivity contribution in [2.75, 3.05) is 7.11 Å². The van der Waals surface area contributed by atoms with Crippen LogP contribution in [0.1, 0.15) is 60.1 Å². The molecule has 0 spiro atoms. The normalized spacial score (nSPS) is 27.8. The fourth-order valence-corrected chi connectivity index (χ4v) is 7.08. The van der Waals surface area contributed by atoms with Crippen LogP contribution in [-0.4, -0.2) is 24.2 Å². The van der Waals surface area contributed by atoms with Gasteiger partial charge in [-0.05, 0) is 109 Å². The van der Waals surface area contributed by atoms with Crippen molar-refractivity contribution < 1.29 is 9.53 Å². The molecule has 0 aliphatic heterocycles. The number of carbonyl (C=O) groups is 1. The van der Waals surface area contributed by atoms with Crippen LogP contribution in [0.5, 0.6) is 5.75 Å². The number of rotatable bonds is 5. The molecule has 0 saturated heterocycles. The lowest BCUT2D eigenvalue weighted by Gasteiger charge is -2.57. The van der Waals surface area contributed by atoms with Gasteiger partial charge in [-0.2, -0.15) is 5.10 Å². The molecule has 2 aromatic carbocycles. The van der Waals surface area contributed by atoms with Crippen LogP contribution in [-0.2, 0) is 5.41 Å². The lowest BCUT2D eigenvalue weighted by Crippen LogP contribution is -2.48. The van der Waals surface area contributed by atoms with Crippen LogP contribution in [0.4, 0.5) is 0 Å². The Morgan fingerprint density at radius 2 is 1.70 bits per heavy atom. The molecule has 0 radical (unpaired) electrons. The summed E-state index contributed by atoms with van der Waals surface area (Å²) in [4.78, 5) is 17.8. The maximum Gasteiger partial charge on any atom is 0.289 e. The van der Waals surface area contributed by atoms with Crippen LogP contribution in [0.15, 0.2) is 59.7 Å². The van der Waals surface area contributed by atoms with E-state index in [0.29, 0.717) is 5.69 Å². The first-order chi connectivity index (χ1) is 16.1. The van der Waals surface area contributed by atoms with Crippen molar-refractivity contribution in [3.05, 3.63) is 71.4 Å². The van der Waals surface area contributed by atoms with Gasteiger partial charge in [-0.25, -0.2) is 10.4 Å². The number of aromatic nitrogens is 1. The summed E-state index contributed by atoms with van der Waals surface area (Å²) in [5.41, 5.74) is 6.44. The molecule has 5 heteroatoms. The molecule has 1 N–H and O–H groups in total. The quantitative estimate of drug-likeness (QED) is 0.423. The van der Waals surface area contributed by atoms with E-state index in [0.717, 1.165) is 34.6 Å². The van der Waals surface area contributed by atoms with E-state index in [4.69, 9.17) is 9.72 Å². The second-order valence-corrected chi connectivity index (χ2v) is 10.2. The molecule has 1 heterocycles. The predicted molar refractivity (Wildman–Crippen MR) is 130 cm³/mol. The lowest BCUT2D eigenvalue weighted by molar-refractivity contribution is -0.00453. The molecular weight excluding hydrogens is 410 g/mol. The zero-order valence-electron chi connectivity index (χ0n) is 19.0. The van der Waals surface area contributed by atoms with E-state index in [1.165, 1.54) is 49.5 Å². The van der Waals surface area contributed by atoms with Gasteiger partial charge >= 0.3 is 0 Å². The molecule has 1 aromatic heterocycles. The second kappa shape index (κ2) is 7.98. The van der Waals surface area contributed by atoms with Crippen molar-refractivity contribution >= 4 is 23.0 Å². The largest absolute Gasteiger partial charge is 0.497 e. The molecular formula is C28H29N3O2. The van der Waals surface area contributed by atoms with Crippen LogP contribution in [0.3, 0.4) is 0 Å². The number of carbonyl (C=O) groups excluding carboxylic acids is 1. The van der Waals surface area contributed by atoms with Crippen molar-refractivity contribution in [3.63, 3.8) is 0 Å². The van der Waals surface area contributed by atoms with E-state index in [9.17, 15) is 4.79 Å². The van der Waals surface area contributed by atoms with Gasteiger partial charge in [0, 0.05) is 5.39 Å². The first-order valence-electron chi connectivity index (χ1n) is 12.0. The number of fused-ring (bicyclic) bond motifs is 1. The topological polar surface area (TPSA) is 63.6 Å². The number of hydrogen-bond acceptors (Lipinski definition) is 4. The fourth-order valence-electron chi connectivity index (χ4n) is 7.08. The van der Waals surface area contributed by atoms with Crippen LogP contribution in [0.25, 0.3) is 10.9 Å². The Balaban J connectivity index is 1.31. The zero-order valence-corrected chi connectivity index (χ0v) is 19.0. The van der Waals surface area contributed by atoms with Gasteiger partial charge < -0.3 is 4.74 Å². The highest BCUT2D eigenvalue weighted by atomic mass is 16.5. The molecule has 168 valence electrons. The summed E-state index contributed by atoms with van der Waals surface area (Å²) in [6.07, 6.45) is 9.59. The highest BCUT2D eigenvalue weighted by Crippen LogP contribution is 2.61. The van der Waals surface area contributed by atoms with E-state index in [2.05, 4.69) is 28.7 Å². The third-order valence-electron chi connectivity index (χ3n) is 8.05. The number of benzene rings is 2. The van der Waals surface area contributed by atoms with Crippen LogP contribution < -0.4 is 10.2 Å². The highest BCUT2D eigenvalue weighted by Gasteiger charge is 2.52. The van der Waals surface area contributed by atoms with Crippen molar-refractivity contribution in [1.82, 2.24) is 10.4 Å². The van der Waals surface area contributed by atoms with Gasteiger partial charge in [-0.3, -0.25) is 4.79 Å². The zero-order chi connectivity index (χ0) is 22.4. The van der Waals surface area contributed by atoms with Crippen LogP contribution in [0, 0.1) is 17.8 Å². The summed E-state index contributed by atoms with van der Waals surface area (Å²) in [5, 5.41) is 5.38. The van der Waals surface area contributed by atoms with E-state index in [1.54, 1.807) is 13.3 Å². The molecule has 4 aliphatic carbocycles. The Kier molecular flexibility index (Phi) is 4.93. The minimum Gasteiger partial charge on any atom is -0.497 e. The number of pyridine rings is 1. The first kappa shape index (κ1) is 20.4. The number of hydrazone groups is 1. The van der Waals surface area contributed by atoms with Crippen molar-refractivity contribution in [2.24, 2.45) is 22.9 Å². The Hall–Kier alpha value is -3.21. The van der Waals surface area contributed by atoms with Gasteiger partial charge in [0.2, 0.25) is 0 Å². The minimum atomic E-state index is -0.267. The average molecular weight is 440 g/mol. The second-order valence-electron chi connectivity index (χ2n) is 10.2. The lowest BCUT2D eigenvalue weighted by atomic mass is 9.48. The molecule has 4 saturated carbocycles. The minimum absolute atomic E-state index is 0.193. The van der Waals surface area contributed by atoms with E-state index in [-0.39, 0.29) is 11.3 Å². The standard InChI is InChI=1S/C28H29N3O2/c1-33-22-8-6-18(7-9-22)17-29-31-27(32)26-13-24(23-4-2-3-5-25(23)30-26)28-14-19-10-20(15-28)12-21(11-19)16-28/h2-9,13,17,19-21H,10-12,14-16H2,1H3,(H,31,32)/b29-17+. The average Bonchev–Trinajstić information content (AvgIpc) is 2.83. The molecule has 4 aliphatic rings. The monoisotopic (exact) mass is 439 g/mol. The van der Waals surface area contributed by atoms with E-state index in [1.807, 2.05) is 36.4 Å². The molecule has 1 amide bonds. The smallest absolute Gasteiger partial charge is 0.289 e. The van der Waals surface area contributed by atoms with Gasteiger partial charge in [0.15, 0.2) is 0 Å². The third-order valence-corrected chi connectivity index (χ3v) is 8.05. The first-order valence-corrected chi connectivity index (χ1v) is 12.0. The summed E-state index contributed by atoms with van der Waals surface area (Å²) in [7, 11) is 1.64. The van der Waals surface area contributed by atoms with E-state index < -0.39 is 0 Å². The number of hydrogen-bond donors (Lipinski definition) is 1. The maximum atomic E-state index is 13.1. The molecule has 0 unspecified atom stereocenters. The summed E-state index contributed by atoms with van der Waals surface area (Å²) >= 11 is 0. The van der Waals surface area contributed by atoms with Crippen LogP contribution in [0.2, 0.25) is 0 Å². The summed E-state index contributed by atoms with van der Waals surface area (Å²) < 4.78 is 5.18. The molecule has 33 heavy (non-hydrogen) atoms. The molecule has 4 fully saturated rings. The Morgan fingerprint density at radius 3 is 2.36 bits per heavy atom. The third kappa shape index (κ3) is 3.69. The molecule has 3 aromatic rings. The van der Waals surface area contributed by atoms with Crippen molar-refractivity contribution in [3.8, 4) is 5.75 Å². The number of amides is 1. The summed E-state index contributed by atoms with van der Waals surface area (Å²) in [6, 6.07) is 17.9. The van der Waals surface area contributed by atoms with Crippen LogP contribution >= 0.6 is 0 Å². The molecule has 4 bridgehead atoms.